The van der Waals surface area contributed by atoms with Gasteiger partial charge in [0, 0.05) is 0 Å². The molecule has 142 valence electrons. The fraction of sp³-hybridized carbons (Fsp3) is 0.0952. The minimum atomic E-state index is -0.113. The Bertz CT molecular complexity index is 1430. The maximum Gasteiger partial charge on any atom is 0.266 e. The van der Waals surface area contributed by atoms with Gasteiger partial charge in [0.15, 0.2) is 11.5 Å². The summed E-state index contributed by atoms with van der Waals surface area (Å²) in [6.45, 7) is 2.28. The molecular weight excluding hydrogens is 366 g/mol. The van der Waals surface area contributed by atoms with E-state index in [4.69, 9.17) is 10.7 Å². The number of nitrogens with zero attached hydrogens (tertiary/aromatic N) is 6. The van der Waals surface area contributed by atoms with E-state index in [2.05, 4.69) is 15.0 Å². The standard InChI is InChI=1S/C21H17N7O/c1-13-6-2-5-9-16(13)28-17(26-15-8-4-3-7-14(15)21(28)29)10-27-12-25-18-19(22)23-11-24-20(18)27/h2-9,11-12H,10H2,1H3,(H2,22,23,24). The minimum Gasteiger partial charge on any atom is -0.382 e. The maximum atomic E-state index is 13.4. The highest BCUT2D eigenvalue weighted by atomic mass is 16.1. The summed E-state index contributed by atoms with van der Waals surface area (Å²) < 4.78 is 3.48. The number of para-hydroxylation sites is 2. The number of rotatable bonds is 3. The molecule has 2 aromatic carbocycles. The van der Waals surface area contributed by atoms with Crippen molar-refractivity contribution in [2.75, 3.05) is 5.73 Å². The summed E-state index contributed by atoms with van der Waals surface area (Å²) in [5, 5.41) is 0.571. The van der Waals surface area contributed by atoms with Gasteiger partial charge in [-0.05, 0) is 30.7 Å². The van der Waals surface area contributed by atoms with Crippen LogP contribution in [0.1, 0.15) is 11.4 Å². The van der Waals surface area contributed by atoms with E-state index < -0.39 is 0 Å². The number of fused-ring (bicyclic) bond motifs is 2. The first-order valence-electron chi connectivity index (χ1n) is 9.11. The fourth-order valence-electron chi connectivity index (χ4n) is 3.51. The molecule has 8 nitrogen and oxygen atoms in total. The zero-order chi connectivity index (χ0) is 20.0. The van der Waals surface area contributed by atoms with Gasteiger partial charge in [-0.1, -0.05) is 30.3 Å². The van der Waals surface area contributed by atoms with Crippen LogP contribution in [0.4, 0.5) is 5.82 Å². The fourth-order valence-corrected chi connectivity index (χ4v) is 3.51. The highest BCUT2D eigenvalue weighted by molar-refractivity contribution is 5.81. The number of benzene rings is 2. The van der Waals surface area contributed by atoms with Crippen molar-refractivity contribution >= 4 is 27.9 Å². The molecule has 5 rings (SSSR count). The van der Waals surface area contributed by atoms with E-state index in [1.807, 2.05) is 54.0 Å². The number of aryl methyl sites for hydroxylation is 1. The largest absolute Gasteiger partial charge is 0.382 e. The summed E-state index contributed by atoms with van der Waals surface area (Å²) in [5.41, 5.74) is 9.34. The van der Waals surface area contributed by atoms with Gasteiger partial charge in [0.1, 0.15) is 17.7 Å². The van der Waals surface area contributed by atoms with Crippen molar-refractivity contribution in [1.29, 1.82) is 0 Å². The second-order valence-electron chi connectivity index (χ2n) is 6.78. The molecule has 3 aromatic heterocycles. The lowest BCUT2D eigenvalue weighted by atomic mass is 10.2. The summed E-state index contributed by atoms with van der Waals surface area (Å²) >= 11 is 0. The molecule has 0 spiro atoms. The third kappa shape index (κ3) is 2.73. The average Bonchev–Trinajstić information content (AvgIpc) is 3.14. The Morgan fingerprint density at radius 2 is 1.79 bits per heavy atom. The van der Waals surface area contributed by atoms with Crippen LogP contribution in [0.25, 0.3) is 27.8 Å². The highest BCUT2D eigenvalue weighted by Gasteiger charge is 2.16. The van der Waals surface area contributed by atoms with Crippen molar-refractivity contribution < 1.29 is 0 Å². The third-order valence-electron chi connectivity index (χ3n) is 4.94. The van der Waals surface area contributed by atoms with Crippen LogP contribution in [0.3, 0.4) is 0 Å². The molecule has 0 saturated carbocycles. The summed E-state index contributed by atoms with van der Waals surface area (Å²) in [6, 6.07) is 15.1. The lowest BCUT2D eigenvalue weighted by Gasteiger charge is -2.16. The predicted molar refractivity (Wildman–Crippen MR) is 111 cm³/mol. The first-order valence-corrected chi connectivity index (χ1v) is 9.11. The number of nitrogen functional groups attached to an aromatic ring is 1. The second kappa shape index (κ2) is 6.52. The summed E-state index contributed by atoms with van der Waals surface area (Å²) in [5.74, 6) is 0.899. The second-order valence-corrected chi connectivity index (χ2v) is 6.78. The van der Waals surface area contributed by atoms with Gasteiger partial charge < -0.3 is 10.3 Å². The van der Waals surface area contributed by atoms with Crippen molar-refractivity contribution in [3.63, 3.8) is 0 Å². The van der Waals surface area contributed by atoms with E-state index in [-0.39, 0.29) is 5.56 Å². The SMILES string of the molecule is Cc1ccccc1-n1c(Cn2cnc3c(N)ncnc32)nc2ccccc2c1=O. The van der Waals surface area contributed by atoms with Crippen LogP contribution in [0.15, 0.2) is 66.0 Å². The van der Waals surface area contributed by atoms with Crippen LogP contribution < -0.4 is 11.3 Å². The molecule has 0 aliphatic rings. The van der Waals surface area contributed by atoms with Crippen molar-refractivity contribution in [2.24, 2.45) is 0 Å². The molecule has 0 unspecified atom stereocenters. The average molecular weight is 383 g/mol. The summed E-state index contributed by atoms with van der Waals surface area (Å²) in [7, 11) is 0. The lowest BCUT2D eigenvalue weighted by molar-refractivity contribution is 0.717. The van der Waals surface area contributed by atoms with Gasteiger partial charge in [0.05, 0.1) is 29.5 Å². The zero-order valence-corrected chi connectivity index (χ0v) is 15.6. The Hall–Kier alpha value is -4.07. The van der Waals surface area contributed by atoms with E-state index >= 15 is 0 Å². The molecule has 0 amide bonds. The Balaban J connectivity index is 1.78. The highest BCUT2D eigenvalue weighted by Crippen LogP contribution is 2.19. The quantitative estimate of drug-likeness (QED) is 0.513. The zero-order valence-electron chi connectivity index (χ0n) is 15.6. The number of imidazole rings is 1. The molecule has 3 heterocycles. The Kier molecular flexibility index (Phi) is 3.83. The van der Waals surface area contributed by atoms with Gasteiger partial charge in [-0.25, -0.2) is 19.9 Å². The molecule has 5 aromatic rings. The molecule has 0 aliphatic heterocycles. The van der Waals surface area contributed by atoms with Crippen LogP contribution >= 0.6 is 0 Å². The molecule has 0 radical (unpaired) electrons. The molecule has 0 fully saturated rings. The molecule has 2 N–H and O–H groups in total. The van der Waals surface area contributed by atoms with Gasteiger partial charge in [-0.15, -0.1) is 0 Å². The van der Waals surface area contributed by atoms with Crippen LogP contribution in [0.5, 0.6) is 0 Å². The van der Waals surface area contributed by atoms with Crippen molar-refractivity contribution in [1.82, 2.24) is 29.1 Å². The minimum absolute atomic E-state index is 0.113. The Morgan fingerprint density at radius 3 is 2.66 bits per heavy atom. The molecule has 29 heavy (non-hydrogen) atoms. The normalized spacial score (nSPS) is 11.3. The van der Waals surface area contributed by atoms with E-state index in [0.29, 0.717) is 40.3 Å². The van der Waals surface area contributed by atoms with E-state index in [1.165, 1.54) is 6.33 Å². The molecule has 0 bridgehead atoms. The smallest absolute Gasteiger partial charge is 0.266 e. The predicted octanol–water partition coefficient (Wildman–Crippen LogP) is 2.46. The number of nitrogens with two attached hydrogens (primary N) is 1. The van der Waals surface area contributed by atoms with Gasteiger partial charge >= 0.3 is 0 Å². The van der Waals surface area contributed by atoms with E-state index in [0.717, 1.165) is 11.3 Å². The van der Waals surface area contributed by atoms with Crippen molar-refractivity contribution in [2.45, 2.75) is 13.5 Å². The van der Waals surface area contributed by atoms with E-state index in [9.17, 15) is 4.79 Å². The molecule has 0 atom stereocenters. The summed E-state index contributed by atoms with van der Waals surface area (Å²) in [6.07, 6.45) is 3.04. The number of aromatic nitrogens is 6. The monoisotopic (exact) mass is 383 g/mol. The van der Waals surface area contributed by atoms with Gasteiger partial charge in [-0.2, -0.15) is 0 Å². The van der Waals surface area contributed by atoms with Crippen LogP contribution in [-0.2, 0) is 6.54 Å². The molecular formula is C21H17N7O. The van der Waals surface area contributed by atoms with Gasteiger partial charge in [0.2, 0.25) is 0 Å². The van der Waals surface area contributed by atoms with Crippen molar-refractivity contribution in [3.05, 3.63) is 82.9 Å². The first-order chi connectivity index (χ1) is 14.1. The first kappa shape index (κ1) is 17.1. The van der Waals surface area contributed by atoms with E-state index in [1.54, 1.807) is 17.0 Å². The topological polar surface area (TPSA) is 105 Å². The maximum absolute atomic E-state index is 13.4. The Labute approximate surface area is 165 Å². The van der Waals surface area contributed by atoms with Crippen molar-refractivity contribution in [3.8, 4) is 5.69 Å². The van der Waals surface area contributed by atoms with Crippen LogP contribution in [0, 0.1) is 6.92 Å². The number of anilines is 1. The van der Waals surface area contributed by atoms with Crippen LogP contribution in [-0.4, -0.2) is 29.1 Å². The molecule has 8 heteroatoms. The number of hydrogen-bond donors (Lipinski definition) is 1. The van der Waals surface area contributed by atoms with Gasteiger partial charge in [-0.3, -0.25) is 9.36 Å². The van der Waals surface area contributed by atoms with Crippen LogP contribution in [0.2, 0.25) is 0 Å². The summed E-state index contributed by atoms with van der Waals surface area (Å²) in [4.78, 5) is 30.8. The Morgan fingerprint density at radius 1 is 1.00 bits per heavy atom. The number of hydrogen-bond acceptors (Lipinski definition) is 6. The lowest BCUT2D eigenvalue weighted by Crippen LogP contribution is -2.25. The molecule has 0 aliphatic carbocycles. The van der Waals surface area contributed by atoms with Gasteiger partial charge in [0.25, 0.3) is 5.56 Å². The molecule has 0 saturated heterocycles. The third-order valence-corrected chi connectivity index (χ3v) is 4.94.